The molecule has 4 heteroatoms. The van der Waals surface area contributed by atoms with Crippen LogP contribution in [0.4, 0.5) is 0 Å². The highest BCUT2D eigenvalue weighted by Crippen LogP contribution is 1.93. The molecule has 0 fully saturated rings. The normalized spacial score (nSPS) is 10.6. The van der Waals surface area contributed by atoms with Gasteiger partial charge in [0.05, 0.1) is 13.2 Å². The lowest BCUT2D eigenvalue weighted by molar-refractivity contribution is -0.144. The van der Waals surface area contributed by atoms with Gasteiger partial charge in [0.15, 0.2) is 0 Å². The van der Waals surface area contributed by atoms with Crippen molar-refractivity contribution in [2.45, 2.75) is 19.8 Å². The van der Waals surface area contributed by atoms with Gasteiger partial charge in [-0.3, -0.25) is 9.69 Å². The Morgan fingerprint density at radius 1 is 1.36 bits per heavy atom. The number of unbranched alkanes of at least 4 members (excludes halogenated alkanes) is 1. The summed E-state index contributed by atoms with van der Waals surface area (Å²) in [5.41, 5.74) is 0. The largest absolute Gasteiger partial charge is 0.465 e. The van der Waals surface area contributed by atoms with Crippen molar-refractivity contribution >= 4 is 5.97 Å². The van der Waals surface area contributed by atoms with E-state index < -0.39 is 0 Å². The highest BCUT2D eigenvalue weighted by atomic mass is 16.5. The Bertz CT molecular complexity index is 150. The van der Waals surface area contributed by atoms with Crippen LogP contribution in [0.1, 0.15) is 19.8 Å². The maximum absolute atomic E-state index is 11.1. The summed E-state index contributed by atoms with van der Waals surface area (Å²) in [4.78, 5) is 13.0. The van der Waals surface area contributed by atoms with E-state index >= 15 is 0 Å². The SMILES string of the molecule is CCOC(=O)CN(C)CCCCOC. The van der Waals surface area contributed by atoms with Gasteiger partial charge in [-0.2, -0.15) is 0 Å². The summed E-state index contributed by atoms with van der Waals surface area (Å²) in [5, 5.41) is 0. The molecule has 0 atom stereocenters. The van der Waals surface area contributed by atoms with Crippen LogP contribution in [0, 0.1) is 0 Å². The standard InChI is InChI=1S/C10H21NO3/c1-4-14-10(12)9-11(2)7-5-6-8-13-3/h4-9H2,1-3H3. The molecule has 0 radical (unpaired) electrons. The number of rotatable bonds is 8. The average molecular weight is 203 g/mol. The van der Waals surface area contributed by atoms with Gasteiger partial charge in [-0.1, -0.05) is 0 Å². The fraction of sp³-hybridized carbons (Fsp3) is 0.900. The van der Waals surface area contributed by atoms with Crippen molar-refractivity contribution < 1.29 is 14.3 Å². The second kappa shape index (κ2) is 8.97. The first kappa shape index (κ1) is 13.4. The van der Waals surface area contributed by atoms with E-state index in [0.717, 1.165) is 26.0 Å². The molecule has 0 aliphatic heterocycles. The molecule has 0 saturated heterocycles. The number of likely N-dealkylation sites (N-methyl/N-ethyl adjacent to an activating group) is 1. The third-order valence-corrected chi connectivity index (χ3v) is 1.84. The minimum atomic E-state index is -0.151. The first-order chi connectivity index (χ1) is 6.70. The molecule has 0 amide bonds. The Balaban J connectivity index is 3.35. The number of nitrogens with zero attached hydrogens (tertiary/aromatic N) is 1. The van der Waals surface area contributed by atoms with Gasteiger partial charge in [0.2, 0.25) is 0 Å². The molecule has 0 aromatic carbocycles. The molecule has 0 saturated carbocycles. The molecule has 0 unspecified atom stereocenters. The van der Waals surface area contributed by atoms with Gasteiger partial charge in [0.25, 0.3) is 0 Å². The number of carbonyl (C=O) groups is 1. The maximum atomic E-state index is 11.1. The van der Waals surface area contributed by atoms with Gasteiger partial charge in [-0.25, -0.2) is 0 Å². The van der Waals surface area contributed by atoms with Crippen LogP contribution in [0.15, 0.2) is 0 Å². The van der Waals surface area contributed by atoms with E-state index in [1.54, 1.807) is 7.11 Å². The Morgan fingerprint density at radius 2 is 2.07 bits per heavy atom. The van der Waals surface area contributed by atoms with Crippen LogP contribution < -0.4 is 0 Å². The van der Waals surface area contributed by atoms with Gasteiger partial charge in [0, 0.05) is 13.7 Å². The molecule has 0 rings (SSSR count). The van der Waals surface area contributed by atoms with Crippen LogP contribution in [0.25, 0.3) is 0 Å². The van der Waals surface area contributed by atoms with E-state index in [1.807, 2.05) is 18.9 Å². The number of carbonyl (C=O) groups excluding carboxylic acids is 1. The summed E-state index contributed by atoms with van der Waals surface area (Å²) >= 11 is 0. The summed E-state index contributed by atoms with van der Waals surface area (Å²) in [6, 6.07) is 0. The Morgan fingerprint density at radius 3 is 2.64 bits per heavy atom. The summed E-state index contributed by atoms with van der Waals surface area (Å²) in [6.45, 7) is 4.34. The molecule has 14 heavy (non-hydrogen) atoms. The van der Waals surface area contributed by atoms with Crippen molar-refractivity contribution in [3.63, 3.8) is 0 Å². The highest BCUT2D eigenvalue weighted by molar-refractivity contribution is 5.71. The molecular weight excluding hydrogens is 182 g/mol. The third kappa shape index (κ3) is 8.01. The predicted molar refractivity (Wildman–Crippen MR) is 55.2 cm³/mol. The van der Waals surface area contributed by atoms with Crippen LogP contribution >= 0.6 is 0 Å². The van der Waals surface area contributed by atoms with E-state index in [-0.39, 0.29) is 5.97 Å². The van der Waals surface area contributed by atoms with Crippen molar-refractivity contribution in [3.05, 3.63) is 0 Å². The Hall–Kier alpha value is -0.610. The minimum absolute atomic E-state index is 0.151. The van der Waals surface area contributed by atoms with E-state index in [4.69, 9.17) is 9.47 Å². The molecule has 0 aromatic heterocycles. The van der Waals surface area contributed by atoms with Gasteiger partial charge in [-0.15, -0.1) is 0 Å². The average Bonchev–Trinajstić information content (AvgIpc) is 2.13. The second-order valence-corrected chi connectivity index (χ2v) is 3.24. The van der Waals surface area contributed by atoms with Gasteiger partial charge < -0.3 is 9.47 Å². The van der Waals surface area contributed by atoms with Gasteiger partial charge in [-0.05, 0) is 33.4 Å². The van der Waals surface area contributed by atoms with Crippen molar-refractivity contribution in [1.82, 2.24) is 4.90 Å². The zero-order chi connectivity index (χ0) is 10.8. The molecular formula is C10H21NO3. The quantitative estimate of drug-likeness (QED) is 0.434. The summed E-state index contributed by atoms with van der Waals surface area (Å²) in [7, 11) is 3.62. The van der Waals surface area contributed by atoms with Crippen molar-refractivity contribution in [2.75, 3.05) is 40.5 Å². The maximum Gasteiger partial charge on any atom is 0.320 e. The fourth-order valence-electron chi connectivity index (χ4n) is 1.13. The zero-order valence-corrected chi connectivity index (χ0v) is 9.41. The van der Waals surface area contributed by atoms with Crippen LogP contribution in [-0.2, 0) is 14.3 Å². The summed E-state index contributed by atoms with van der Waals surface area (Å²) in [6.07, 6.45) is 2.08. The topological polar surface area (TPSA) is 38.8 Å². The van der Waals surface area contributed by atoms with Crippen molar-refractivity contribution in [2.24, 2.45) is 0 Å². The number of esters is 1. The zero-order valence-electron chi connectivity index (χ0n) is 9.41. The lowest BCUT2D eigenvalue weighted by Crippen LogP contribution is -2.28. The van der Waals surface area contributed by atoms with E-state index in [9.17, 15) is 4.79 Å². The highest BCUT2D eigenvalue weighted by Gasteiger charge is 2.05. The van der Waals surface area contributed by atoms with Crippen molar-refractivity contribution in [3.8, 4) is 0 Å². The number of methoxy groups -OCH3 is 1. The van der Waals surface area contributed by atoms with Gasteiger partial charge >= 0.3 is 5.97 Å². The predicted octanol–water partition coefficient (Wildman–Crippen LogP) is 0.908. The molecule has 4 nitrogen and oxygen atoms in total. The number of hydrogen-bond donors (Lipinski definition) is 0. The van der Waals surface area contributed by atoms with E-state index in [0.29, 0.717) is 13.2 Å². The Labute approximate surface area is 86.2 Å². The molecule has 0 heterocycles. The summed E-state index contributed by atoms with van der Waals surface area (Å²) < 4.78 is 9.77. The Kier molecular flexibility index (Phi) is 8.57. The monoisotopic (exact) mass is 203 g/mol. The van der Waals surface area contributed by atoms with Gasteiger partial charge in [0.1, 0.15) is 0 Å². The number of ether oxygens (including phenoxy) is 2. The molecule has 0 N–H and O–H groups in total. The molecule has 0 aromatic rings. The van der Waals surface area contributed by atoms with Crippen LogP contribution in [0.5, 0.6) is 0 Å². The van der Waals surface area contributed by atoms with E-state index in [2.05, 4.69) is 0 Å². The molecule has 0 spiro atoms. The molecule has 0 aliphatic rings. The first-order valence-corrected chi connectivity index (χ1v) is 5.03. The van der Waals surface area contributed by atoms with E-state index in [1.165, 1.54) is 0 Å². The van der Waals surface area contributed by atoms with Crippen LogP contribution in [-0.4, -0.2) is 51.3 Å². The lowest BCUT2D eigenvalue weighted by atomic mass is 10.3. The number of hydrogen-bond acceptors (Lipinski definition) is 4. The second-order valence-electron chi connectivity index (χ2n) is 3.24. The molecule has 84 valence electrons. The smallest absolute Gasteiger partial charge is 0.320 e. The van der Waals surface area contributed by atoms with Crippen LogP contribution in [0.3, 0.4) is 0 Å². The fourth-order valence-corrected chi connectivity index (χ4v) is 1.13. The molecule has 0 aliphatic carbocycles. The first-order valence-electron chi connectivity index (χ1n) is 5.03. The minimum Gasteiger partial charge on any atom is -0.465 e. The lowest BCUT2D eigenvalue weighted by Gasteiger charge is -2.14. The molecule has 0 bridgehead atoms. The van der Waals surface area contributed by atoms with Crippen molar-refractivity contribution in [1.29, 1.82) is 0 Å². The summed E-state index contributed by atoms with van der Waals surface area (Å²) in [5.74, 6) is -0.151. The third-order valence-electron chi connectivity index (χ3n) is 1.84. The van der Waals surface area contributed by atoms with Crippen LogP contribution in [0.2, 0.25) is 0 Å².